The fourth-order valence-electron chi connectivity index (χ4n) is 2.65. The molecule has 28 heavy (non-hydrogen) atoms. The lowest BCUT2D eigenvalue weighted by Gasteiger charge is -2.14. The van der Waals surface area contributed by atoms with Gasteiger partial charge in [-0.2, -0.15) is 0 Å². The van der Waals surface area contributed by atoms with Gasteiger partial charge >= 0.3 is 0 Å². The normalized spacial score (nSPS) is 10.4. The summed E-state index contributed by atoms with van der Waals surface area (Å²) in [5, 5.41) is 2.98. The Hall–Kier alpha value is -3.05. The summed E-state index contributed by atoms with van der Waals surface area (Å²) in [7, 11) is 1.48. The zero-order valence-corrected chi connectivity index (χ0v) is 16.2. The number of carbonyl (C=O) groups is 1. The molecule has 3 aromatic carbocycles. The molecule has 0 fully saturated rings. The Morgan fingerprint density at radius 2 is 1.86 bits per heavy atom. The highest BCUT2D eigenvalue weighted by molar-refractivity contribution is 6.32. The first-order valence-electron chi connectivity index (χ1n) is 8.59. The minimum atomic E-state index is -0.388. The third-order valence-corrected chi connectivity index (χ3v) is 4.41. The predicted octanol–water partition coefficient (Wildman–Crippen LogP) is 5.63. The van der Waals surface area contributed by atoms with Gasteiger partial charge in [0.05, 0.1) is 12.1 Å². The zero-order valence-electron chi connectivity index (χ0n) is 15.5. The Labute approximate surface area is 167 Å². The molecule has 4 nitrogen and oxygen atoms in total. The van der Waals surface area contributed by atoms with Crippen LogP contribution >= 0.6 is 11.6 Å². The van der Waals surface area contributed by atoms with Crippen LogP contribution in [-0.4, -0.2) is 13.0 Å². The molecule has 3 aromatic rings. The Balaban J connectivity index is 1.79. The number of hydrogen-bond donors (Lipinski definition) is 1. The largest absolute Gasteiger partial charge is 0.493 e. The van der Waals surface area contributed by atoms with Crippen molar-refractivity contribution in [1.82, 2.24) is 0 Å². The molecule has 1 N–H and O–H groups in total. The van der Waals surface area contributed by atoms with E-state index in [1.54, 1.807) is 19.1 Å². The van der Waals surface area contributed by atoms with E-state index >= 15 is 0 Å². The summed E-state index contributed by atoms with van der Waals surface area (Å²) in [6, 6.07) is 17.1. The SMILES string of the molecule is COc1cc(C(=O)Nc2ccc(F)c(C)c2)cc(Cl)c1OCc1ccccc1. The average Bonchev–Trinajstić information content (AvgIpc) is 2.70. The Morgan fingerprint density at radius 1 is 1.11 bits per heavy atom. The topological polar surface area (TPSA) is 47.6 Å². The standard InChI is InChI=1S/C22H19ClFNO3/c1-14-10-17(8-9-19(14)24)25-22(26)16-11-18(23)21(20(12-16)27-2)28-13-15-6-4-3-5-7-15/h3-12H,13H2,1-2H3,(H,25,26). The molecule has 0 heterocycles. The van der Waals surface area contributed by atoms with Crippen molar-refractivity contribution in [3.63, 3.8) is 0 Å². The van der Waals surface area contributed by atoms with Crippen molar-refractivity contribution in [2.45, 2.75) is 13.5 Å². The van der Waals surface area contributed by atoms with E-state index in [0.717, 1.165) is 5.56 Å². The van der Waals surface area contributed by atoms with Crippen molar-refractivity contribution in [3.05, 3.63) is 88.2 Å². The Kier molecular flexibility index (Phi) is 6.16. The van der Waals surface area contributed by atoms with Gasteiger partial charge in [0, 0.05) is 11.3 Å². The maximum Gasteiger partial charge on any atom is 0.255 e. The lowest BCUT2D eigenvalue weighted by Crippen LogP contribution is -2.12. The van der Waals surface area contributed by atoms with Gasteiger partial charge in [-0.3, -0.25) is 4.79 Å². The number of ether oxygens (including phenoxy) is 2. The van der Waals surface area contributed by atoms with E-state index in [1.807, 2.05) is 30.3 Å². The second-order valence-electron chi connectivity index (χ2n) is 6.18. The molecule has 0 radical (unpaired) electrons. The fraction of sp³-hybridized carbons (Fsp3) is 0.136. The third kappa shape index (κ3) is 4.61. The van der Waals surface area contributed by atoms with Gasteiger partial charge in [0.15, 0.2) is 11.5 Å². The van der Waals surface area contributed by atoms with E-state index < -0.39 is 0 Å². The summed E-state index contributed by atoms with van der Waals surface area (Å²) < 4.78 is 24.5. The lowest BCUT2D eigenvalue weighted by molar-refractivity contribution is 0.102. The summed E-state index contributed by atoms with van der Waals surface area (Å²) in [4.78, 5) is 12.6. The molecule has 3 rings (SSSR count). The van der Waals surface area contributed by atoms with Crippen LogP contribution < -0.4 is 14.8 Å². The summed E-state index contributed by atoms with van der Waals surface area (Å²) >= 11 is 6.34. The van der Waals surface area contributed by atoms with Gasteiger partial charge < -0.3 is 14.8 Å². The number of carbonyl (C=O) groups excluding carboxylic acids is 1. The number of nitrogens with one attached hydrogen (secondary N) is 1. The molecule has 0 unspecified atom stereocenters. The van der Waals surface area contributed by atoms with Gasteiger partial charge in [-0.1, -0.05) is 41.9 Å². The summed E-state index contributed by atoms with van der Waals surface area (Å²) in [5.74, 6) is -0.00508. The molecule has 0 spiro atoms. The number of methoxy groups -OCH3 is 1. The van der Waals surface area contributed by atoms with E-state index in [2.05, 4.69) is 5.32 Å². The fourth-order valence-corrected chi connectivity index (χ4v) is 2.91. The van der Waals surface area contributed by atoms with Crippen molar-refractivity contribution < 1.29 is 18.7 Å². The number of anilines is 1. The first-order chi connectivity index (χ1) is 13.5. The number of rotatable bonds is 6. The van der Waals surface area contributed by atoms with Crippen LogP contribution in [-0.2, 0) is 6.61 Å². The van der Waals surface area contributed by atoms with Crippen molar-refractivity contribution in [1.29, 1.82) is 0 Å². The molecular weight excluding hydrogens is 381 g/mol. The molecule has 0 saturated carbocycles. The highest BCUT2D eigenvalue weighted by atomic mass is 35.5. The highest BCUT2D eigenvalue weighted by Crippen LogP contribution is 2.37. The van der Waals surface area contributed by atoms with Crippen molar-refractivity contribution >= 4 is 23.2 Å². The number of halogens is 2. The zero-order chi connectivity index (χ0) is 20.1. The third-order valence-electron chi connectivity index (χ3n) is 4.13. The Morgan fingerprint density at radius 3 is 2.54 bits per heavy atom. The number of amides is 1. The van der Waals surface area contributed by atoms with Crippen LogP contribution in [0.3, 0.4) is 0 Å². The quantitative estimate of drug-likeness (QED) is 0.584. The first kappa shape index (κ1) is 19.7. The highest BCUT2D eigenvalue weighted by Gasteiger charge is 2.16. The van der Waals surface area contributed by atoms with Crippen LogP contribution in [0.4, 0.5) is 10.1 Å². The van der Waals surface area contributed by atoms with Crippen LogP contribution in [0.2, 0.25) is 5.02 Å². The van der Waals surface area contributed by atoms with Gasteiger partial charge in [0.1, 0.15) is 12.4 Å². The molecule has 0 bridgehead atoms. The van der Waals surface area contributed by atoms with Gasteiger partial charge in [0.25, 0.3) is 5.91 Å². The van der Waals surface area contributed by atoms with E-state index in [0.29, 0.717) is 34.9 Å². The lowest BCUT2D eigenvalue weighted by atomic mass is 10.1. The van der Waals surface area contributed by atoms with E-state index in [-0.39, 0.29) is 16.7 Å². The number of benzene rings is 3. The monoisotopic (exact) mass is 399 g/mol. The van der Waals surface area contributed by atoms with E-state index in [9.17, 15) is 9.18 Å². The molecule has 0 aliphatic rings. The molecule has 0 aliphatic carbocycles. The maximum atomic E-state index is 13.4. The van der Waals surface area contributed by atoms with Crippen LogP contribution in [0.25, 0.3) is 0 Å². The molecule has 0 saturated heterocycles. The number of aryl methyl sites for hydroxylation is 1. The molecule has 0 aromatic heterocycles. The van der Waals surface area contributed by atoms with Gasteiger partial charge in [-0.25, -0.2) is 4.39 Å². The minimum absolute atomic E-state index is 0.260. The van der Waals surface area contributed by atoms with Crippen LogP contribution in [0.1, 0.15) is 21.5 Å². The minimum Gasteiger partial charge on any atom is -0.493 e. The van der Waals surface area contributed by atoms with Gasteiger partial charge in [-0.05, 0) is 48.4 Å². The van der Waals surface area contributed by atoms with Gasteiger partial charge in [0.2, 0.25) is 0 Å². The van der Waals surface area contributed by atoms with Crippen LogP contribution in [0.5, 0.6) is 11.5 Å². The molecule has 0 aliphatic heterocycles. The number of hydrogen-bond acceptors (Lipinski definition) is 3. The average molecular weight is 400 g/mol. The molecule has 144 valence electrons. The predicted molar refractivity (Wildman–Crippen MR) is 108 cm³/mol. The van der Waals surface area contributed by atoms with Gasteiger partial charge in [-0.15, -0.1) is 0 Å². The summed E-state index contributed by atoms with van der Waals surface area (Å²) in [6.07, 6.45) is 0. The smallest absolute Gasteiger partial charge is 0.255 e. The van der Waals surface area contributed by atoms with Crippen molar-refractivity contribution in [2.24, 2.45) is 0 Å². The molecular formula is C22H19ClFNO3. The van der Waals surface area contributed by atoms with Crippen molar-refractivity contribution in [3.8, 4) is 11.5 Å². The molecule has 0 atom stereocenters. The van der Waals surface area contributed by atoms with E-state index in [4.69, 9.17) is 21.1 Å². The molecule has 1 amide bonds. The van der Waals surface area contributed by atoms with Crippen LogP contribution in [0.15, 0.2) is 60.7 Å². The second-order valence-corrected chi connectivity index (χ2v) is 6.59. The molecule has 6 heteroatoms. The summed E-state index contributed by atoms with van der Waals surface area (Å²) in [6.45, 7) is 1.95. The second kappa shape index (κ2) is 8.76. The van der Waals surface area contributed by atoms with E-state index in [1.165, 1.54) is 25.3 Å². The first-order valence-corrected chi connectivity index (χ1v) is 8.97. The maximum absolute atomic E-state index is 13.4. The van der Waals surface area contributed by atoms with Crippen molar-refractivity contribution in [2.75, 3.05) is 12.4 Å². The summed E-state index contributed by atoms with van der Waals surface area (Å²) in [5.41, 5.74) is 2.21. The van der Waals surface area contributed by atoms with Crippen LogP contribution in [0, 0.1) is 12.7 Å². The Bertz CT molecular complexity index is 993.